The zero-order valence-electron chi connectivity index (χ0n) is 9.60. The van der Waals surface area contributed by atoms with Gasteiger partial charge in [0.25, 0.3) is 0 Å². The Kier molecular flexibility index (Phi) is 4.54. The minimum atomic E-state index is -1.09. The van der Waals surface area contributed by atoms with Gasteiger partial charge in [-0.1, -0.05) is 0 Å². The molecule has 16 heavy (non-hydrogen) atoms. The van der Waals surface area contributed by atoms with Gasteiger partial charge in [0, 0.05) is 20.2 Å². The van der Waals surface area contributed by atoms with Gasteiger partial charge >= 0.3 is 12.0 Å². The summed E-state index contributed by atoms with van der Waals surface area (Å²) in [6.45, 7) is -0.0282. The number of carbonyl (C=O) groups excluding carboxylic acids is 1. The number of carboxylic acid groups (broad SMARTS) is 1. The number of ether oxygens (including phenoxy) is 1. The molecule has 92 valence electrons. The first-order valence-corrected chi connectivity index (χ1v) is 5.31. The van der Waals surface area contributed by atoms with Crippen molar-refractivity contribution < 1.29 is 19.4 Å². The number of nitrogens with one attached hydrogen (secondary N) is 1. The van der Waals surface area contributed by atoms with Gasteiger partial charge in [-0.25, -0.2) is 9.59 Å². The minimum Gasteiger partial charge on any atom is -0.480 e. The minimum absolute atomic E-state index is 0.0282. The molecule has 0 spiro atoms. The molecule has 0 radical (unpaired) electrons. The zero-order valence-corrected chi connectivity index (χ0v) is 9.60. The van der Waals surface area contributed by atoms with Gasteiger partial charge in [-0.3, -0.25) is 0 Å². The number of rotatable bonds is 5. The fourth-order valence-corrected chi connectivity index (χ4v) is 1.53. The van der Waals surface area contributed by atoms with Crippen molar-refractivity contribution in [3.8, 4) is 0 Å². The highest BCUT2D eigenvalue weighted by molar-refractivity contribution is 5.82. The number of carbonyl (C=O) groups is 2. The normalized spacial score (nSPS) is 17.4. The van der Waals surface area contributed by atoms with Crippen LogP contribution in [-0.2, 0) is 9.53 Å². The van der Waals surface area contributed by atoms with Crippen LogP contribution in [0.5, 0.6) is 0 Å². The lowest BCUT2D eigenvalue weighted by atomic mass is 9.92. The van der Waals surface area contributed by atoms with Crippen molar-refractivity contribution in [2.24, 2.45) is 0 Å². The fraction of sp³-hybridized carbons (Fsp3) is 0.800. The molecule has 1 unspecified atom stereocenters. The predicted octanol–water partition coefficient (Wildman–Crippen LogP) is 0.280. The van der Waals surface area contributed by atoms with E-state index in [0.29, 0.717) is 0 Å². The number of nitrogens with zero attached hydrogens (tertiary/aromatic N) is 1. The van der Waals surface area contributed by atoms with E-state index >= 15 is 0 Å². The summed E-state index contributed by atoms with van der Waals surface area (Å²) in [5.74, 6) is -1.09. The Bertz CT molecular complexity index is 266. The van der Waals surface area contributed by atoms with Crippen LogP contribution in [0, 0.1) is 0 Å². The van der Waals surface area contributed by atoms with Gasteiger partial charge in [-0.2, -0.15) is 0 Å². The average Bonchev–Trinajstić information content (AvgIpc) is 2.13. The second-order valence-electron chi connectivity index (χ2n) is 3.99. The second-order valence-corrected chi connectivity index (χ2v) is 3.99. The average molecular weight is 230 g/mol. The number of amides is 2. The van der Waals surface area contributed by atoms with Crippen LogP contribution in [0.1, 0.15) is 19.3 Å². The lowest BCUT2D eigenvalue weighted by Gasteiger charge is -2.35. The third kappa shape index (κ3) is 3.10. The maximum atomic E-state index is 11.7. The van der Waals surface area contributed by atoms with Gasteiger partial charge in [0.15, 0.2) is 6.04 Å². The highest BCUT2D eigenvalue weighted by Gasteiger charge is 2.28. The Hall–Kier alpha value is -1.30. The molecule has 6 nitrogen and oxygen atoms in total. The third-order valence-corrected chi connectivity index (χ3v) is 2.87. The predicted molar refractivity (Wildman–Crippen MR) is 57.2 cm³/mol. The Morgan fingerprint density at radius 2 is 2.19 bits per heavy atom. The first-order valence-electron chi connectivity index (χ1n) is 5.31. The van der Waals surface area contributed by atoms with Crippen molar-refractivity contribution >= 4 is 12.0 Å². The summed E-state index contributed by atoms with van der Waals surface area (Å²) >= 11 is 0. The monoisotopic (exact) mass is 230 g/mol. The van der Waals surface area contributed by atoms with E-state index in [4.69, 9.17) is 9.84 Å². The topological polar surface area (TPSA) is 78.9 Å². The van der Waals surface area contributed by atoms with Crippen LogP contribution in [0.15, 0.2) is 0 Å². The molecule has 0 aromatic rings. The molecular weight excluding hydrogens is 212 g/mol. The van der Waals surface area contributed by atoms with E-state index < -0.39 is 12.0 Å². The first kappa shape index (κ1) is 12.8. The largest absolute Gasteiger partial charge is 0.480 e. The lowest BCUT2D eigenvalue weighted by molar-refractivity contribution is -0.140. The summed E-state index contributed by atoms with van der Waals surface area (Å²) < 4.78 is 4.73. The van der Waals surface area contributed by atoms with Crippen molar-refractivity contribution in [2.75, 3.05) is 20.8 Å². The highest BCUT2D eigenvalue weighted by Crippen LogP contribution is 2.23. The molecule has 2 amide bonds. The quantitative estimate of drug-likeness (QED) is 0.711. The van der Waals surface area contributed by atoms with Gasteiger partial charge in [0.2, 0.25) is 0 Å². The number of methoxy groups -OCH3 is 1. The van der Waals surface area contributed by atoms with Gasteiger partial charge in [0.1, 0.15) is 0 Å². The molecule has 0 aliphatic heterocycles. The molecule has 0 aromatic carbocycles. The van der Waals surface area contributed by atoms with E-state index in [9.17, 15) is 9.59 Å². The van der Waals surface area contributed by atoms with Crippen molar-refractivity contribution in [3.63, 3.8) is 0 Å². The van der Waals surface area contributed by atoms with E-state index in [1.807, 2.05) is 0 Å². The summed E-state index contributed by atoms with van der Waals surface area (Å²) in [5, 5.41) is 11.3. The van der Waals surface area contributed by atoms with Crippen LogP contribution >= 0.6 is 0 Å². The smallest absolute Gasteiger partial charge is 0.328 e. The molecular formula is C10H18N2O4. The molecule has 0 bridgehead atoms. The molecule has 1 aliphatic carbocycles. The van der Waals surface area contributed by atoms with Crippen LogP contribution < -0.4 is 5.32 Å². The molecule has 1 aliphatic rings. The summed E-state index contributed by atoms with van der Waals surface area (Å²) in [7, 11) is 3.09. The first-order chi connectivity index (χ1) is 7.56. The van der Waals surface area contributed by atoms with Gasteiger partial charge < -0.3 is 20.1 Å². The Morgan fingerprint density at radius 1 is 1.56 bits per heavy atom. The third-order valence-electron chi connectivity index (χ3n) is 2.87. The van der Waals surface area contributed by atoms with Gasteiger partial charge in [0.05, 0.1) is 6.61 Å². The molecule has 1 atom stereocenters. The Balaban J connectivity index is 2.43. The van der Waals surface area contributed by atoms with Crippen LogP contribution in [0.3, 0.4) is 0 Å². The van der Waals surface area contributed by atoms with Crippen molar-refractivity contribution in [1.82, 2.24) is 10.2 Å². The standard InChI is InChI=1S/C10H18N2O4/c1-12(7-4-3-5-7)10(15)11-8(6-16-2)9(13)14/h7-8H,3-6H2,1-2H3,(H,11,15)(H,13,14). The lowest BCUT2D eigenvalue weighted by Crippen LogP contribution is -2.52. The van der Waals surface area contributed by atoms with E-state index in [-0.39, 0.29) is 18.7 Å². The summed E-state index contributed by atoms with van der Waals surface area (Å²) in [5.41, 5.74) is 0. The fourth-order valence-electron chi connectivity index (χ4n) is 1.53. The highest BCUT2D eigenvalue weighted by atomic mass is 16.5. The number of hydrogen-bond acceptors (Lipinski definition) is 3. The van der Waals surface area contributed by atoms with Crippen molar-refractivity contribution in [2.45, 2.75) is 31.3 Å². The van der Waals surface area contributed by atoms with Crippen molar-refractivity contribution in [3.05, 3.63) is 0 Å². The number of aliphatic carboxylic acids is 1. The zero-order chi connectivity index (χ0) is 12.1. The van der Waals surface area contributed by atoms with Crippen LogP contribution in [0.25, 0.3) is 0 Å². The Morgan fingerprint density at radius 3 is 2.56 bits per heavy atom. The molecule has 1 rings (SSSR count). The van der Waals surface area contributed by atoms with Crippen LogP contribution in [0.4, 0.5) is 4.79 Å². The summed E-state index contributed by atoms with van der Waals surface area (Å²) in [4.78, 5) is 24.0. The van der Waals surface area contributed by atoms with E-state index in [0.717, 1.165) is 19.3 Å². The van der Waals surface area contributed by atoms with Gasteiger partial charge in [-0.05, 0) is 19.3 Å². The maximum Gasteiger partial charge on any atom is 0.328 e. The van der Waals surface area contributed by atoms with Gasteiger partial charge in [-0.15, -0.1) is 0 Å². The molecule has 1 saturated carbocycles. The molecule has 6 heteroatoms. The maximum absolute atomic E-state index is 11.7. The summed E-state index contributed by atoms with van der Waals surface area (Å²) in [6.07, 6.45) is 3.11. The Labute approximate surface area is 94.6 Å². The second kappa shape index (κ2) is 5.69. The van der Waals surface area contributed by atoms with Crippen molar-refractivity contribution in [1.29, 1.82) is 0 Å². The molecule has 2 N–H and O–H groups in total. The van der Waals surface area contributed by atoms with E-state index in [1.54, 1.807) is 11.9 Å². The van der Waals surface area contributed by atoms with E-state index in [2.05, 4.69) is 5.32 Å². The number of urea groups is 1. The van der Waals surface area contributed by atoms with Crippen LogP contribution in [0.2, 0.25) is 0 Å². The number of hydrogen-bond donors (Lipinski definition) is 2. The molecule has 0 saturated heterocycles. The molecule has 1 fully saturated rings. The van der Waals surface area contributed by atoms with E-state index in [1.165, 1.54) is 7.11 Å². The van der Waals surface area contributed by atoms with Crippen LogP contribution in [-0.4, -0.2) is 54.9 Å². The number of carboxylic acids is 1. The molecule has 0 heterocycles. The molecule has 0 aromatic heterocycles. The SMILES string of the molecule is COCC(NC(=O)N(C)C1CCC1)C(=O)O. The summed E-state index contributed by atoms with van der Waals surface area (Å²) in [6, 6.07) is -1.09.